The van der Waals surface area contributed by atoms with Gasteiger partial charge in [-0.15, -0.1) is 0 Å². The molecule has 3 aromatic heterocycles. The van der Waals surface area contributed by atoms with Crippen LogP contribution < -0.4 is 5.32 Å². The standard InChI is InChI=1S/C12H13ClN6/c1-2-3-14-10-8-18-5-4-15-11(18)12(17-10)19-7-9(13)6-16-19/h4-8,14H,2-3H2,1H3. The highest BCUT2D eigenvalue weighted by atomic mass is 35.5. The fourth-order valence-electron chi connectivity index (χ4n) is 1.82. The summed E-state index contributed by atoms with van der Waals surface area (Å²) >= 11 is 5.90. The van der Waals surface area contributed by atoms with Crippen LogP contribution in [0.5, 0.6) is 0 Å². The number of fused-ring (bicyclic) bond motifs is 1. The molecule has 7 heteroatoms. The van der Waals surface area contributed by atoms with Crippen LogP contribution >= 0.6 is 11.6 Å². The second kappa shape index (κ2) is 4.89. The Bertz CT molecular complexity index is 701. The fraction of sp³-hybridized carbons (Fsp3) is 0.250. The van der Waals surface area contributed by atoms with Gasteiger partial charge in [0, 0.05) is 18.9 Å². The Morgan fingerprint density at radius 3 is 3.00 bits per heavy atom. The molecule has 0 amide bonds. The minimum Gasteiger partial charge on any atom is -0.369 e. The maximum absolute atomic E-state index is 5.90. The molecule has 1 N–H and O–H groups in total. The first-order chi connectivity index (χ1) is 9.28. The van der Waals surface area contributed by atoms with Crippen LogP contribution in [0.15, 0.2) is 31.0 Å². The normalized spacial score (nSPS) is 11.1. The Hall–Kier alpha value is -2.08. The van der Waals surface area contributed by atoms with Crippen LogP contribution in [0, 0.1) is 0 Å². The first kappa shape index (κ1) is 12.0. The molecule has 6 nitrogen and oxygen atoms in total. The fourth-order valence-corrected chi connectivity index (χ4v) is 1.96. The highest BCUT2D eigenvalue weighted by Gasteiger charge is 2.10. The smallest absolute Gasteiger partial charge is 0.199 e. The maximum Gasteiger partial charge on any atom is 0.199 e. The van der Waals surface area contributed by atoms with Crippen molar-refractivity contribution in [3.8, 4) is 5.82 Å². The third-order valence-corrected chi connectivity index (χ3v) is 2.88. The van der Waals surface area contributed by atoms with Gasteiger partial charge in [-0.05, 0) is 6.42 Å². The van der Waals surface area contributed by atoms with Gasteiger partial charge in [-0.1, -0.05) is 18.5 Å². The molecule has 19 heavy (non-hydrogen) atoms. The van der Waals surface area contributed by atoms with Gasteiger partial charge >= 0.3 is 0 Å². The van der Waals surface area contributed by atoms with Crippen molar-refractivity contribution in [1.29, 1.82) is 0 Å². The number of anilines is 1. The molecule has 0 fully saturated rings. The molecule has 3 aromatic rings. The monoisotopic (exact) mass is 276 g/mol. The number of hydrogen-bond donors (Lipinski definition) is 1. The van der Waals surface area contributed by atoms with E-state index in [2.05, 4.69) is 27.3 Å². The molecule has 0 aromatic carbocycles. The lowest BCUT2D eigenvalue weighted by Crippen LogP contribution is -2.08. The van der Waals surface area contributed by atoms with Crippen LogP contribution in [-0.4, -0.2) is 30.7 Å². The van der Waals surface area contributed by atoms with E-state index in [1.807, 2.05) is 16.8 Å². The van der Waals surface area contributed by atoms with Gasteiger partial charge in [-0.2, -0.15) is 5.10 Å². The van der Waals surface area contributed by atoms with E-state index in [1.54, 1.807) is 23.3 Å². The number of halogens is 1. The average molecular weight is 277 g/mol. The largest absolute Gasteiger partial charge is 0.369 e. The lowest BCUT2D eigenvalue weighted by molar-refractivity contribution is 0.839. The van der Waals surface area contributed by atoms with Gasteiger partial charge in [0.05, 0.1) is 23.6 Å². The Labute approximate surface area is 115 Å². The highest BCUT2D eigenvalue weighted by molar-refractivity contribution is 6.30. The van der Waals surface area contributed by atoms with E-state index in [-0.39, 0.29) is 0 Å². The van der Waals surface area contributed by atoms with Crippen molar-refractivity contribution in [2.45, 2.75) is 13.3 Å². The number of hydrogen-bond acceptors (Lipinski definition) is 4. The van der Waals surface area contributed by atoms with Crippen molar-refractivity contribution in [2.75, 3.05) is 11.9 Å². The first-order valence-electron chi connectivity index (χ1n) is 6.06. The lowest BCUT2D eigenvalue weighted by atomic mass is 10.4. The zero-order chi connectivity index (χ0) is 13.2. The maximum atomic E-state index is 5.90. The van der Waals surface area contributed by atoms with Gasteiger partial charge in [-0.25, -0.2) is 14.6 Å². The highest BCUT2D eigenvalue weighted by Crippen LogP contribution is 2.17. The van der Waals surface area contributed by atoms with Crippen LogP contribution in [0.4, 0.5) is 5.82 Å². The molecular formula is C12H13ClN6. The quantitative estimate of drug-likeness (QED) is 0.795. The molecule has 0 aliphatic rings. The summed E-state index contributed by atoms with van der Waals surface area (Å²) in [4.78, 5) is 8.84. The Morgan fingerprint density at radius 1 is 1.37 bits per heavy atom. The number of aromatic nitrogens is 5. The van der Waals surface area contributed by atoms with Crippen molar-refractivity contribution < 1.29 is 0 Å². The third-order valence-electron chi connectivity index (χ3n) is 2.68. The molecule has 3 heterocycles. The summed E-state index contributed by atoms with van der Waals surface area (Å²) < 4.78 is 3.54. The van der Waals surface area contributed by atoms with E-state index < -0.39 is 0 Å². The summed E-state index contributed by atoms with van der Waals surface area (Å²) in [6, 6.07) is 0. The van der Waals surface area contributed by atoms with Crippen molar-refractivity contribution in [2.24, 2.45) is 0 Å². The van der Waals surface area contributed by atoms with Crippen LogP contribution in [0.2, 0.25) is 5.02 Å². The van der Waals surface area contributed by atoms with Gasteiger partial charge < -0.3 is 9.72 Å². The van der Waals surface area contributed by atoms with Crippen LogP contribution in [-0.2, 0) is 0 Å². The van der Waals surface area contributed by atoms with Crippen LogP contribution in [0.3, 0.4) is 0 Å². The van der Waals surface area contributed by atoms with Crippen molar-refractivity contribution in [3.05, 3.63) is 36.0 Å². The van der Waals surface area contributed by atoms with Crippen molar-refractivity contribution in [3.63, 3.8) is 0 Å². The van der Waals surface area contributed by atoms with Gasteiger partial charge in [0.25, 0.3) is 0 Å². The summed E-state index contributed by atoms with van der Waals surface area (Å²) in [7, 11) is 0. The van der Waals surface area contributed by atoms with Crippen molar-refractivity contribution in [1.82, 2.24) is 24.1 Å². The molecular weight excluding hydrogens is 264 g/mol. The van der Waals surface area contributed by atoms with Gasteiger partial charge in [0.15, 0.2) is 11.5 Å². The topological polar surface area (TPSA) is 60.0 Å². The molecule has 98 valence electrons. The summed E-state index contributed by atoms with van der Waals surface area (Å²) in [6.45, 7) is 2.98. The summed E-state index contributed by atoms with van der Waals surface area (Å²) in [5.41, 5.74) is 0.738. The number of nitrogens with zero attached hydrogens (tertiary/aromatic N) is 5. The lowest BCUT2D eigenvalue weighted by Gasteiger charge is -2.08. The zero-order valence-corrected chi connectivity index (χ0v) is 11.2. The molecule has 0 aliphatic carbocycles. The van der Waals surface area contributed by atoms with Gasteiger partial charge in [0.2, 0.25) is 0 Å². The van der Waals surface area contributed by atoms with Gasteiger partial charge in [0.1, 0.15) is 5.82 Å². The average Bonchev–Trinajstić information content (AvgIpc) is 3.03. The SMILES string of the molecule is CCCNc1cn2ccnc2c(-n2cc(Cl)cn2)n1. The summed E-state index contributed by atoms with van der Waals surface area (Å²) in [5, 5.41) is 8.01. The van der Waals surface area contributed by atoms with Crippen LogP contribution in [0.1, 0.15) is 13.3 Å². The summed E-state index contributed by atoms with van der Waals surface area (Å²) in [5.74, 6) is 1.44. The zero-order valence-electron chi connectivity index (χ0n) is 10.4. The molecule has 0 bridgehead atoms. The second-order valence-electron chi connectivity index (χ2n) is 4.14. The van der Waals surface area contributed by atoms with Crippen LogP contribution in [0.25, 0.3) is 11.5 Å². The Kier molecular flexibility index (Phi) is 3.08. The van der Waals surface area contributed by atoms with E-state index in [4.69, 9.17) is 11.6 Å². The molecule has 3 rings (SSSR count). The van der Waals surface area contributed by atoms with E-state index in [9.17, 15) is 0 Å². The predicted octanol–water partition coefficient (Wildman–Crippen LogP) is 2.39. The molecule has 0 saturated heterocycles. The Morgan fingerprint density at radius 2 is 2.26 bits per heavy atom. The molecule has 0 radical (unpaired) electrons. The third kappa shape index (κ3) is 2.26. The molecule has 0 unspecified atom stereocenters. The number of imidazole rings is 1. The van der Waals surface area contributed by atoms with Gasteiger partial charge in [-0.3, -0.25) is 0 Å². The number of nitrogens with one attached hydrogen (secondary N) is 1. The minimum atomic E-state index is 0.568. The number of rotatable bonds is 4. The van der Waals surface area contributed by atoms with Crippen molar-refractivity contribution >= 4 is 23.1 Å². The molecule has 0 aliphatic heterocycles. The minimum absolute atomic E-state index is 0.568. The molecule has 0 atom stereocenters. The molecule has 0 spiro atoms. The Balaban J connectivity index is 2.12. The van der Waals surface area contributed by atoms with E-state index >= 15 is 0 Å². The first-order valence-corrected chi connectivity index (χ1v) is 6.44. The summed E-state index contributed by atoms with van der Waals surface area (Å²) in [6.07, 6.45) is 9.84. The van der Waals surface area contributed by atoms with E-state index in [1.165, 1.54) is 0 Å². The van der Waals surface area contributed by atoms with E-state index in [0.29, 0.717) is 10.8 Å². The molecule has 0 saturated carbocycles. The second-order valence-corrected chi connectivity index (χ2v) is 4.57. The van der Waals surface area contributed by atoms with E-state index in [0.717, 1.165) is 24.4 Å². The predicted molar refractivity (Wildman–Crippen MR) is 73.9 cm³/mol.